The Balaban J connectivity index is 4.18. The van der Waals surface area contributed by atoms with Crippen LogP contribution in [0.15, 0.2) is 4.99 Å². The first-order valence-corrected chi connectivity index (χ1v) is 8.23. The van der Waals surface area contributed by atoms with Gasteiger partial charge < -0.3 is 3.88 Å². The van der Waals surface area contributed by atoms with Crippen molar-refractivity contribution < 1.29 is 0 Å². The molecule has 0 fully saturated rings. The van der Waals surface area contributed by atoms with Crippen molar-refractivity contribution in [3.8, 4) is 0 Å². The summed E-state index contributed by atoms with van der Waals surface area (Å²) in [6.07, 6.45) is 2.38. The molecule has 0 aliphatic rings. The molecule has 0 unspecified atom stereocenters. The fraction of sp³-hybridized carbons (Fsp3) is 0.900. The van der Waals surface area contributed by atoms with Gasteiger partial charge in [-0.25, -0.2) is 0 Å². The summed E-state index contributed by atoms with van der Waals surface area (Å²) in [6, 6.07) is 0. The van der Waals surface area contributed by atoms with E-state index in [0.29, 0.717) is 0 Å². The molecule has 76 valence electrons. The smallest absolute Gasteiger partial charge is 0.408 e. The van der Waals surface area contributed by atoms with Crippen LogP contribution in [0.4, 0.5) is 0 Å². The third kappa shape index (κ3) is 5.34. The highest BCUT2D eigenvalue weighted by molar-refractivity contribution is 6.55. The summed E-state index contributed by atoms with van der Waals surface area (Å²) < 4.78 is 2.51. The van der Waals surface area contributed by atoms with Crippen molar-refractivity contribution in [2.24, 2.45) is 4.99 Å². The van der Waals surface area contributed by atoms with Crippen LogP contribution in [0.2, 0.25) is 11.6 Å². The second kappa shape index (κ2) is 7.41. The Morgan fingerprint density at radius 1 is 1.23 bits per heavy atom. The lowest BCUT2D eigenvalue weighted by Crippen LogP contribution is -2.39. The number of amidine groups is 1. The Morgan fingerprint density at radius 3 is 2.23 bits per heavy atom. The average Bonchev–Trinajstić information content (AvgIpc) is 2.09. The minimum Gasteiger partial charge on any atom is -0.452 e. The summed E-state index contributed by atoms with van der Waals surface area (Å²) in [7, 11) is 0. The predicted molar refractivity (Wildman–Crippen MR) is 62.7 cm³/mol. The van der Waals surface area contributed by atoms with E-state index in [2.05, 4.69) is 41.2 Å². The molecular formula is C10H23AlN2. The zero-order valence-corrected chi connectivity index (χ0v) is 11.0. The van der Waals surface area contributed by atoms with Crippen LogP contribution in [0.5, 0.6) is 0 Å². The maximum Gasteiger partial charge on any atom is 0.408 e. The van der Waals surface area contributed by atoms with Gasteiger partial charge in [-0.05, 0) is 26.3 Å². The Hall–Kier alpha value is 0.00247. The lowest BCUT2D eigenvalue weighted by molar-refractivity contribution is 0.605. The zero-order chi connectivity index (χ0) is 10.3. The van der Waals surface area contributed by atoms with E-state index in [1.54, 1.807) is 0 Å². The zero-order valence-electron chi connectivity index (χ0n) is 9.80. The summed E-state index contributed by atoms with van der Waals surface area (Å²) in [5, 5.41) is 0. The van der Waals surface area contributed by atoms with Crippen LogP contribution in [-0.4, -0.2) is 37.2 Å². The molecule has 0 aliphatic heterocycles. The Morgan fingerprint density at radius 2 is 1.85 bits per heavy atom. The Labute approximate surface area is 87.6 Å². The summed E-state index contributed by atoms with van der Waals surface area (Å²) in [5.41, 5.74) is 0. The fourth-order valence-corrected chi connectivity index (χ4v) is 3.00. The highest BCUT2D eigenvalue weighted by atomic mass is 27.2. The van der Waals surface area contributed by atoms with Crippen molar-refractivity contribution in [1.82, 2.24) is 3.88 Å². The van der Waals surface area contributed by atoms with Gasteiger partial charge in [0.15, 0.2) is 0 Å². The molecule has 0 aromatic carbocycles. The molecule has 0 aromatic rings. The molecule has 0 amide bonds. The van der Waals surface area contributed by atoms with Crippen molar-refractivity contribution in [3.63, 3.8) is 0 Å². The normalized spacial score (nSPS) is 11.6. The van der Waals surface area contributed by atoms with Gasteiger partial charge in [0, 0.05) is 6.54 Å². The molecule has 0 spiro atoms. The number of hydrogen-bond acceptors (Lipinski definition) is 1. The first-order valence-electron chi connectivity index (χ1n) is 5.41. The molecular weight excluding hydrogens is 175 g/mol. The van der Waals surface area contributed by atoms with Gasteiger partial charge in [0.2, 0.25) is 0 Å². The maximum atomic E-state index is 4.56. The third-order valence-corrected chi connectivity index (χ3v) is 3.95. The van der Waals surface area contributed by atoms with Crippen LogP contribution in [-0.2, 0) is 0 Å². The van der Waals surface area contributed by atoms with E-state index in [4.69, 9.17) is 0 Å². The molecule has 0 saturated carbocycles. The second-order valence-electron chi connectivity index (χ2n) is 3.72. The molecule has 0 N–H and O–H groups in total. The minimum absolute atomic E-state index is 0.701. The van der Waals surface area contributed by atoms with Gasteiger partial charge in [-0.15, -0.1) is 0 Å². The van der Waals surface area contributed by atoms with E-state index in [9.17, 15) is 0 Å². The van der Waals surface area contributed by atoms with Crippen LogP contribution in [0.3, 0.4) is 0 Å². The average molecular weight is 198 g/mol. The van der Waals surface area contributed by atoms with E-state index in [1.807, 2.05) is 0 Å². The summed E-state index contributed by atoms with van der Waals surface area (Å²) in [6.45, 7) is 8.72. The van der Waals surface area contributed by atoms with Gasteiger partial charge in [-0.3, -0.25) is 4.99 Å². The molecule has 13 heavy (non-hydrogen) atoms. The maximum absolute atomic E-state index is 4.56. The van der Waals surface area contributed by atoms with Gasteiger partial charge in [0.25, 0.3) is 0 Å². The topological polar surface area (TPSA) is 15.6 Å². The first kappa shape index (κ1) is 13.0. The summed E-state index contributed by atoms with van der Waals surface area (Å²) in [5.74, 6) is 5.98. The van der Waals surface area contributed by atoms with E-state index in [-0.39, 0.29) is 0 Å². The molecule has 0 heterocycles. The number of rotatable bonds is 5. The van der Waals surface area contributed by atoms with Crippen molar-refractivity contribution >= 4 is 20.2 Å². The van der Waals surface area contributed by atoms with Crippen molar-refractivity contribution in [2.45, 2.75) is 45.2 Å². The molecule has 0 radical (unpaired) electrons. The molecule has 0 rings (SSSR count). The monoisotopic (exact) mass is 198 g/mol. The first-order chi connectivity index (χ1) is 6.13. The standard InChI is InChI=1S/C8H17N2.2CH3.Al/c1-4-6-9-8(3)10-7-5-2;;;/h4-7H2,1-3H3;2*1H3;/q-1;;;+1. The van der Waals surface area contributed by atoms with Crippen LogP contribution in [0, 0.1) is 0 Å². The molecule has 0 bridgehead atoms. The number of hydrogen-bond donors (Lipinski definition) is 0. The minimum atomic E-state index is -0.701. The summed E-state index contributed by atoms with van der Waals surface area (Å²) in [4.78, 5) is 4.56. The molecule has 0 aliphatic carbocycles. The molecule has 2 nitrogen and oxygen atoms in total. The lowest BCUT2D eigenvalue weighted by Gasteiger charge is -2.26. The number of aliphatic imine (C=N–C) groups is 1. The van der Waals surface area contributed by atoms with E-state index in [1.165, 1.54) is 18.8 Å². The Bertz CT molecular complexity index is 155. The predicted octanol–water partition coefficient (Wildman–Crippen LogP) is 2.78. The molecule has 0 aromatic heterocycles. The van der Waals surface area contributed by atoms with Gasteiger partial charge in [0.05, 0.1) is 5.84 Å². The highest BCUT2D eigenvalue weighted by Crippen LogP contribution is 1.99. The molecule has 0 saturated heterocycles. The number of nitrogens with zero attached hydrogens (tertiary/aromatic N) is 2. The van der Waals surface area contributed by atoms with Gasteiger partial charge in [-0.1, -0.05) is 25.4 Å². The second-order valence-corrected chi connectivity index (χ2v) is 6.53. The van der Waals surface area contributed by atoms with Crippen LogP contribution >= 0.6 is 0 Å². The van der Waals surface area contributed by atoms with Crippen LogP contribution in [0.25, 0.3) is 0 Å². The SMILES string of the molecule is CCCN=C(C)[N](CCC)[Al]([CH3])[CH3]. The van der Waals surface area contributed by atoms with Crippen LogP contribution in [0.1, 0.15) is 33.6 Å². The largest absolute Gasteiger partial charge is 0.452 e. The Kier molecular flexibility index (Phi) is 7.41. The van der Waals surface area contributed by atoms with Crippen molar-refractivity contribution in [2.75, 3.05) is 13.1 Å². The third-order valence-electron chi connectivity index (χ3n) is 2.07. The van der Waals surface area contributed by atoms with E-state index < -0.39 is 14.4 Å². The fourth-order valence-electron chi connectivity index (χ4n) is 1.40. The van der Waals surface area contributed by atoms with Crippen molar-refractivity contribution in [3.05, 3.63) is 0 Å². The van der Waals surface area contributed by atoms with Gasteiger partial charge in [-0.2, -0.15) is 0 Å². The van der Waals surface area contributed by atoms with Gasteiger partial charge in [0.1, 0.15) is 0 Å². The highest BCUT2D eigenvalue weighted by Gasteiger charge is 2.15. The summed E-state index contributed by atoms with van der Waals surface area (Å²) >= 11 is -0.701. The van der Waals surface area contributed by atoms with E-state index in [0.717, 1.165) is 13.0 Å². The quantitative estimate of drug-likeness (QED) is 0.377. The molecule has 0 atom stereocenters. The van der Waals surface area contributed by atoms with Gasteiger partial charge >= 0.3 is 14.4 Å². The van der Waals surface area contributed by atoms with Crippen LogP contribution < -0.4 is 0 Å². The molecule has 3 heteroatoms. The van der Waals surface area contributed by atoms with Crippen molar-refractivity contribution in [1.29, 1.82) is 0 Å². The lowest BCUT2D eigenvalue weighted by atomic mass is 10.4. The van der Waals surface area contributed by atoms with E-state index >= 15 is 0 Å².